The van der Waals surface area contributed by atoms with Gasteiger partial charge in [0.25, 0.3) is 0 Å². The van der Waals surface area contributed by atoms with Crippen LogP contribution in [0.25, 0.3) is 11.2 Å². The lowest BCUT2D eigenvalue weighted by Crippen LogP contribution is -2.30. The molecule has 1 atom stereocenters. The van der Waals surface area contributed by atoms with Crippen LogP contribution >= 0.6 is 0 Å². The fourth-order valence-electron chi connectivity index (χ4n) is 3.78. The molecule has 3 rings (SSSR count). The molecular formula is C19H28N4O. The molecule has 2 aromatic heterocycles. The fourth-order valence-corrected chi connectivity index (χ4v) is 3.78. The van der Waals surface area contributed by atoms with Crippen LogP contribution in [0.4, 0.5) is 0 Å². The lowest BCUT2D eigenvalue weighted by Gasteiger charge is -2.23. The first-order valence-electron chi connectivity index (χ1n) is 9.18. The molecule has 0 radical (unpaired) electrons. The number of amides is 1. The van der Waals surface area contributed by atoms with Crippen LogP contribution < -0.4 is 5.32 Å². The van der Waals surface area contributed by atoms with E-state index in [2.05, 4.69) is 28.7 Å². The second-order valence-corrected chi connectivity index (χ2v) is 7.28. The van der Waals surface area contributed by atoms with Crippen LogP contribution in [0.5, 0.6) is 0 Å². The summed E-state index contributed by atoms with van der Waals surface area (Å²) in [6.07, 6.45) is 8.67. The van der Waals surface area contributed by atoms with E-state index in [1.807, 2.05) is 19.1 Å². The average molecular weight is 328 g/mol. The molecule has 1 saturated carbocycles. The van der Waals surface area contributed by atoms with E-state index < -0.39 is 0 Å². The maximum Gasteiger partial charge on any atom is 0.220 e. The number of nitrogens with zero attached hydrogens (tertiary/aromatic N) is 3. The number of carbonyl (C=O) groups is 1. The summed E-state index contributed by atoms with van der Waals surface area (Å²) in [4.78, 5) is 21.6. The summed E-state index contributed by atoms with van der Waals surface area (Å²) >= 11 is 0. The average Bonchev–Trinajstić information content (AvgIpc) is 2.95. The van der Waals surface area contributed by atoms with Crippen LogP contribution in [0.15, 0.2) is 18.3 Å². The van der Waals surface area contributed by atoms with Crippen LogP contribution in [-0.2, 0) is 4.79 Å². The summed E-state index contributed by atoms with van der Waals surface area (Å²) in [7, 11) is 0. The van der Waals surface area contributed by atoms with Gasteiger partial charge >= 0.3 is 0 Å². The van der Waals surface area contributed by atoms with Gasteiger partial charge in [-0.3, -0.25) is 4.79 Å². The van der Waals surface area contributed by atoms with Crippen molar-refractivity contribution < 1.29 is 4.79 Å². The minimum absolute atomic E-state index is 0.113. The summed E-state index contributed by atoms with van der Waals surface area (Å²) in [6.45, 7) is 6.25. The zero-order valence-electron chi connectivity index (χ0n) is 15.0. The van der Waals surface area contributed by atoms with Crippen molar-refractivity contribution >= 4 is 17.1 Å². The number of rotatable bonds is 5. The number of hydrogen-bond acceptors (Lipinski definition) is 3. The Bertz CT molecular complexity index is 700. The molecular weight excluding hydrogens is 300 g/mol. The van der Waals surface area contributed by atoms with Crippen LogP contribution in [-0.4, -0.2) is 20.4 Å². The summed E-state index contributed by atoms with van der Waals surface area (Å²) < 4.78 is 2.13. The number of aromatic nitrogens is 3. The molecule has 1 aliphatic carbocycles. The molecule has 0 aromatic carbocycles. The molecule has 5 heteroatoms. The lowest BCUT2D eigenvalue weighted by molar-refractivity contribution is -0.123. The highest BCUT2D eigenvalue weighted by molar-refractivity contribution is 5.77. The van der Waals surface area contributed by atoms with Gasteiger partial charge in [-0.05, 0) is 51.7 Å². The molecule has 0 unspecified atom stereocenters. The highest BCUT2D eigenvalue weighted by Gasteiger charge is 2.22. The molecule has 0 bridgehead atoms. The highest BCUT2D eigenvalue weighted by Crippen LogP contribution is 2.27. The van der Waals surface area contributed by atoms with Crippen LogP contribution in [0.2, 0.25) is 0 Å². The number of fused-ring (bicyclic) bond motifs is 1. The minimum atomic E-state index is -0.113. The van der Waals surface area contributed by atoms with Crippen LogP contribution in [0, 0.1) is 5.92 Å². The van der Waals surface area contributed by atoms with E-state index in [4.69, 9.17) is 4.98 Å². The van der Waals surface area contributed by atoms with E-state index in [-0.39, 0.29) is 18.0 Å². The van der Waals surface area contributed by atoms with Gasteiger partial charge in [0, 0.05) is 18.7 Å². The van der Waals surface area contributed by atoms with E-state index in [1.165, 1.54) is 32.1 Å². The van der Waals surface area contributed by atoms with Gasteiger partial charge in [-0.15, -0.1) is 0 Å². The highest BCUT2D eigenvalue weighted by atomic mass is 16.1. The molecule has 130 valence electrons. The molecule has 24 heavy (non-hydrogen) atoms. The Kier molecular flexibility index (Phi) is 5.17. The minimum Gasteiger partial charge on any atom is -0.346 e. The predicted octanol–water partition coefficient (Wildman–Crippen LogP) is 4.16. The smallest absolute Gasteiger partial charge is 0.220 e. The number of pyridine rings is 1. The monoisotopic (exact) mass is 328 g/mol. The van der Waals surface area contributed by atoms with Crippen molar-refractivity contribution in [2.75, 3.05) is 0 Å². The second kappa shape index (κ2) is 7.32. The molecule has 5 nitrogen and oxygen atoms in total. The van der Waals surface area contributed by atoms with Gasteiger partial charge < -0.3 is 9.88 Å². The van der Waals surface area contributed by atoms with Crippen molar-refractivity contribution in [2.24, 2.45) is 5.92 Å². The number of imidazole rings is 1. The quantitative estimate of drug-likeness (QED) is 0.896. The molecule has 0 saturated heterocycles. The Hall–Kier alpha value is -1.91. The Morgan fingerprint density at radius 1 is 1.29 bits per heavy atom. The third-order valence-electron chi connectivity index (χ3n) is 4.96. The third-order valence-corrected chi connectivity index (χ3v) is 4.96. The van der Waals surface area contributed by atoms with Crippen LogP contribution in [0.3, 0.4) is 0 Å². The van der Waals surface area contributed by atoms with Gasteiger partial charge in [-0.2, -0.15) is 0 Å². The Morgan fingerprint density at radius 2 is 2.04 bits per heavy atom. The molecule has 1 amide bonds. The molecule has 2 heterocycles. The van der Waals surface area contributed by atoms with Gasteiger partial charge in [0.2, 0.25) is 5.91 Å². The first kappa shape index (κ1) is 16.9. The molecule has 1 N–H and O–H groups in total. The third kappa shape index (κ3) is 3.60. The number of nitrogens with one attached hydrogen (secondary N) is 1. The van der Waals surface area contributed by atoms with Gasteiger partial charge in [0.15, 0.2) is 5.65 Å². The van der Waals surface area contributed by atoms with Crippen molar-refractivity contribution in [1.82, 2.24) is 19.9 Å². The maximum atomic E-state index is 12.4. The maximum absolute atomic E-state index is 12.4. The van der Waals surface area contributed by atoms with E-state index >= 15 is 0 Å². The van der Waals surface area contributed by atoms with Crippen molar-refractivity contribution in [3.63, 3.8) is 0 Å². The first-order chi connectivity index (χ1) is 11.6. The Balaban J connectivity index is 1.74. The SMILES string of the molecule is CC(C)n1c([C@H](C)NC(=O)CC2CCCCC2)nc2cccnc21. The normalized spacial score (nSPS) is 17.3. The lowest BCUT2D eigenvalue weighted by atomic mass is 9.87. The zero-order valence-corrected chi connectivity index (χ0v) is 15.0. The fraction of sp³-hybridized carbons (Fsp3) is 0.632. The molecule has 1 aliphatic rings. The molecule has 2 aromatic rings. The summed E-state index contributed by atoms with van der Waals surface area (Å²) in [5.74, 6) is 1.58. The second-order valence-electron chi connectivity index (χ2n) is 7.28. The summed E-state index contributed by atoms with van der Waals surface area (Å²) in [6, 6.07) is 4.01. The van der Waals surface area contributed by atoms with Gasteiger partial charge in [-0.1, -0.05) is 19.3 Å². The van der Waals surface area contributed by atoms with Gasteiger partial charge in [0.1, 0.15) is 11.3 Å². The molecule has 1 fully saturated rings. The standard InChI is InChI=1S/C19H28N4O/c1-13(2)23-18(22-16-10-7-11-20-19(16)23)14(3)21-17(24)12-15-8-5-4-6-9-15/h7,10-11,13-15H,4-6,8-9,12H2,1-3H3,(H,21,24)/t14-/m0/s1. The van der Waals surface area contributed by atoms with Crippen molar-refractivity contribution in [1.29, 1.82) is 0 Å². The molecule has 0 aliphatic heterocycles. The molecule has 0 spiro atoms. The Morgan fingerprint density at radius 3 is 2.75 bits per heavy atom. The van der Waals surface area contributed by atoms with Crippen LogP contribution in [0.1, 0.15) is 77.2 Å². The van der Waals surface area contributed by atoms with Gasteiger partial charge in [-0.25, -0.2) is 9.97 Å². The van der Waals surface area contributed by atoms with E-state index in [1.54, 1.807) is 6.20 Å². The zero-order chi connectivity index (χ0) is 17.1. The number of carbonyl (C=O) groups excluding carboxylic acids is 1. The van der Waals surface area contributed by atoms with E-state index in [9.17, 15) is 4.79 Å². The summed E-state index contributed by atoms with van der Waals surface area (Å²) in [5, 5.41) is 3.15. The predicted molar refractivity (Wildman–Crippen MR) is 95.7 cm³/mol. The van der Waals surface area contributed by atoms with Crippen molar-refractivity contribution in [2.45, 2.75) is 71.4 Å². The largest absolute Gasteiger partial charge is 0.346 e. The van der Waals surface area contributed by atoms with E-state index in [0.717, 1.165) is 17.0 Å². The van der Waals surface area contributed by atoms with Crippen molar-refractivity contribution in [3.05, 3.63) is 24.2 Å². The topological polar surface area (TPSA) is 59.8 Å². The first-order valence-corrected chi connectivity index (χ1v) is 9.18. The Labute approximate surface area is 143 Å². The van der Waals surface area contributed by atoms with Gasteiger partial charge in [0.05, 0.1) is 6.04 Å². The number of hydrogen-bond donors (Lipinski definition) is 1. The van der Waals surface area contributed by atoms with E-state index in [0.29, 0.717) is 12.3 Å². The summed E-state index contributed by atoms with van der Waals surface area (Å²) in [5.41, 5.74) is 1.77. The van der Waals surface area contributed by atoms with Crippen molar-refractivity contribution in [3.8, 4) is 0 Å².